The van der Waals surface area contributed by atoms with Gasteiger partial charge in [-0.15, -0.1) is 23.4 Å². The van der Waals surface area contributed by atoms with Gasteiger partial charge < -0.3 is 4.90 Å². The molecule has 0 radical (unpaired) electrons. The Morgan fingerprint density at radius 3 is 2.67 bits per heavy atom. The van der Waals surface area contributed by atoms with Gasteiger partial charge in [-0.05, 0) is 30.9 Å². The molecule has 1 aromatic rings. The SMILES string of the molecule is CCCN(CCCl)C(=O)c1cc(SC)ccc1Cl. The van der Waals surface area contributed by atoms with Crippen LogP contribution in [0.3, 0.4) is 0 Å². The zero-order valence-corrected chi connectivity index (χ0v) is 12.9. The second-order valence-electron chi connectivity index (χ2n) is 3.83. The van der Waals surface area contributed by atoms with Crippen LogP contribution in [-0.4, -0.2) is 36.0 Å². The Morgan fingerprint density at radius 2 is 2.11 bits per heavy atom. The van der Waals surface area contributed by atoms with Gasteiger partial charge in [0.1, 0.15) is 0 Å². The highest BCUT2D eigenvalue weighted by Crippen LogP contribution is 2.24. The molecule has 5 heteroatoms. The molecule has 0 saturated heterocycles. The summed E-state index contributed by atoms with van der Waals surface area (Å²) in [4.78, 5) is 15.2. The Hall–Kier alpha value is -0.380. The third kappa shape index (κ3) is 4.08. The fourth-order valence-corrected chi connectivity index (χ4v) is 2.49. The van der Waals surface area contributed by atoms with Crippen molar-refractivity contribution < 1.29 is 4.79 Å². The topological polar surface area (TPSA) is 20.3 Å². The Labute approximate surface area is 123 Å². The Balaban J connectivity index is 2.99. The summed E-state index contributed by atoms with van der Waals surface area (Å²) in [6, 6.07) is 5.52. The quantitative estimate of drug-likeness (QED) is 0.581. The number of nitrogens with zero attached hydrogens (tertiary/aromatic N) is 1. The van der Waals surface area contributed by atoms with E-state index in [0.717, 1.165) is 11.3 Å². The fourth-order valence-electron chi connectivity index (χ4n) is 1.65. The third-order valence-corrected chi connectivity index (χ3v) is 3.76. The maximum Gasteiger partial charge on any atom is 0.255 e. The van der Waals surface area contributed by atoms with Crippen molar-refractivity contribution in [3.05, 3.63) is 28.8 Å². The van der Waals surface area contributed by atoms with Gasteiger partial charge in [0, 0.05) is 23.9 Å². The fraction of sp³-hybridized carbons (Fsp3) is 0.462. The minimum atomic E-state index is -0.0431. The molecule has 0 heterocycles. The van der Waals surface area contributed by atoms with Gasteiger partial charge in [-0.3, -0.25) is 4.79 Å². The van der Waals surface area contributed by atoms with Crippen molar-refractivity contribution in [1.29, 1.82) is 0 Å². The molecule has 0 unspecified atom stereocenters. The van der Waals surface area contributed by atoms with Gasteiger partial charge in [0.15, 0.2) is 0 Å². The maximum atomic E-state index is 12.4. The number of carbonyl (C=O) groups excluding carboxylic acids is 1. The van der Waals surface area contributed by atoms with Crippen LogP contribution in [0, 0.1) is 0 Å². The molecule has 0 aliphatic carbocycles. The molecule has 0 N–H and O–H groups in total. The highest BCUT2D eigenvalue weighted by molar-refractivity contribution is 7.98. The van der Waals surface area contributed by atoms with Crippen LogP contribution in [0.15, 0.2) is 23.1 Å². The summed E-state index contributed by atoms with van der Waals surface area (Å²) < 4.78 is 0. The highest BCUT2D eigenvalue weighted by atomic mass is 35.5. The zero-order chi connectivity index (χ0) is 13.5. The number of halogens is 2. The van der Waals surface area contributed by atoms with Crippen molar-refractivity contribution in [3.63, 3.8) is 0 Å². The molecule has 0 aliphatic rings. The summed E-state index contributed by atoms with van der Waals surface area (Å²) in [7, 11) is 0. The van der Waals surface area contributed by atoms with E-state index >= 15 is 0 Å². The predicted molar refractivity (Wildman–Crippen MR) is 80.1 cm³/mol. The Kier molecular flexibility index (Phi) is 6.90. The normalized spacial score (nSPS) is 10.4. The van der Waals surface area contributed by atoms with Crippen molar-refractivity contribution in [2.75, 3.05) is 25.2 Å². The number of hydrogen-bond donors (Lipinski definition) is 0. The highest BCUT2D eigenvalue weighted by Gasteiger charge is 2.17. The van der Waals surface area contributed by atoms with Crippen LogP contribution in [0.5, 0.6) is 0 Å². The van der Waals surface area contributed by atoms with Gasteiger partial charge in [-0.25, -0.2) is 0 Å². The molecule has 18 heavy (non-hydrogen) atoms. The zero-order valence-electron chi connectivity index (χ0n) is 10.6. The molecule has 0 bridgehead atoms. The summed E-state index contributed by atoms with van der Waals surface area (Å²) in [5, 5.41) is 0.494. The van der Waals surface area contributed by atoms with E-state index < -0.39 is 0 Å². The number of carbonyl (C=O) groups is 1. The van der Waals surface area contributed by atoms with Crippen molar-refractivity contribution >= 4 is 40.9 Å². The molecule has 1 amide bonds. The van der Waals surface area contributed by atoms with Crippen LogP contribution < -0.4 is 0 Å². The largest absolute Gasteiger partial charge is 0.337 e. The van der Waals surface area contributed by atoms with E-state index in [0.29, 0.717) is 29.6 Å². The average Bonchev–Trinajstić information content (AvgIpc) is 2.38. The smallest absolute Gasteiger partial charge is 0.255 e. The van der Waals surface area contributed by atoms with E-state index in [4.69, 9.17) is 23.2 Å². The molecule has 1 aromatic carbocycles. The van der Waals surface area contributed by atoms with Crippen LogP contribution in [0.4, 0.5) is 0 Å². The number of hydrogen-bond acceptors (Lipinski definition) is 2. The van der Waals surface area contributed by atoms with E-state index in [9.17, 15) is 4.79 Å². The van der Waals surface area contributed by atoms with Crippen molar-refractivity contribution in [2.45, 2.75) is 18.2 Å². The number of rotatable bonds is 6. The summed E-state index contributed by atoms with van der Waals surface area (Å²) in [6.07, 6.45) is 2.88. The predicted octanol–water partition coefficient (Wildman–Crippen LogP) is 4.15. The molecule has 0 aromatic heterocycles. The van der Waals surface area contributed by atoms with Crippen LogP contribution in [0.1, 0.15) is 23.7 Å². The summed E-state index contributed by atoms with van der Waals surface area (Å²) in [6.45, 7) is 3.29. The lowest BCUT2D eigenvalue weighted by atomic mass is 10.2. The number of thioether (sulfide) groups is 1. The molecule has 1 rings (SSSR count). The molecule has 0 saturated carbocycles. The summed E-state index contributed by atoms with van der Waals surface area (Å²) in [5.74, 6) is 0.393. The lowest BCUT2D eigenvalue weighted by Crippen LogP contribution is -2.33. The van der Waals surface area contributed by atoms with Gasteiger partial charge >= 0.3 is 0 Å². The molecule has 0 aliphatic heterocycles. The van der Waals surface area contributed by atoms with Crippen molar-refractivity contribution in [1.82, 2.24) is 4.90 Å². The number of amides is 1. The van der Waals surface area contributed by atoms with Crippen molar-refractivity contribution in [2.24, 2.45) is 0 Å². The molecule has 0 fully saturated rings. The molecule has 2 nitrogen and oxygen atoms in total. The maximum absolute atomic E-state index is 12.4. The standard InChI is InChI=1S/C13H17Cl2NOS/c1-3-7-16(8-6-14)13(17)11-9-10(18-2)4-5-12(11)15/h4-5,9H,3,6-8H2,1-2H3. The van der Waals surface area contributed by atoms with Crippen LogP contribution in [0.25, 0.3) is 0 Å². The van der Waals surface area contributed by atoms with Crippen LogP contribution >= 0.6 is 35.0 Å². The average molecular weight is 306 g/mol. The van der Waals surface area contributed by atoms with E-state index in [1.54, 1.807) is 22.7 Å². The van der Waals surface area contributed by atoms with E-state index in [1.165, 1.54) is 0 Å². The second-order valence-corrected chi connectivity index (χ2v) is 5.49. The first-order chi connectivity index (χ1) is 8.63. The van der Waals surface area contributed by atoms with E-state index in [-0.39, 0.29) is 5.91 Å². The first kappa shape index (κ1) is 15.7. The summed E-state index contributed by atoms with van der Waals surface area (Å²) in [5.41, 5.74) is 0.557. The molecule has 100 valence electrons. The number of benzene rings is 1. The minimum absolute atomic E-state index is 0.0431. The lowest BCUT2D eigenvalue weighted by Gasteiger charge is -2.21. The second kappa shape index (κ2) is 7.93. The Bertz CT molecular complexity index is 406. The van der Waals surface area contributed by atoms with Gasteiger partial charge in [-0.2, -0.15) is 0 Å². The first-order valence-corrected chi connectivity index (χ1v) is 7.96. The first-order valence-electron chi connectivity index (χ1n) is 5.82. The molecular formula is C13H17Cl2NOS. The summed E-state index contributed by atoms with van der Waals surface area (Å²) >= 11 is 13.4. The van der Waals surface area contributed by atoms with E-state index in [2.05, 4.69) is 0 Å². The van der Waals surface area contributed by atoms with E-state index in [1.807, 2.05) is 25.3 Å². The Morgan fingerprint density at radius 1 is 1.39 bits per heavy atom. The monoisotopic (exact) mass is 305 g/mol. The van der Waals surface area contributed by atoms with Gasteiger partial charge in [0.05, 0.1) is 10.6 Å². The van der Waals surface area contributed by atoms with Gasteiger partial charge in [-0.1, -0.05) is 18.5 Å². The lowest BCUT2D eigenvalue weighted by molar-refractivity contribution is 0.0765. The van der Waals surface area contributed by atoms with Gasteiger partial charge in [0.25, 0.3) is 5.91 Å². The van der Waals surface area contributed by atoms with Crippen molar-refractivity contribution in [3.8, 4) is 0 Å². The van der Waals surface area contributed by atoms with Crippen LogP contribution in [0.2, 0.25) is 5.02 Å². The van der Waals surface area contributed by atoms with Crippen LogP contribution in [-0.2, 0) is 0 Å². The minimum Gasteiger partial charge on any atom is -0.337 e. The molecular weight excluding hydrogens is 289 g/mol. The number of alkyl halides is 1. The molecule has 0 spiro atoms. The third-order valence-electron chi connectivity index (χ3n) is 2.54. The molecule has 0 atom stereocenters. The van der Waals surface area contributed by atoms with Gasteiger partial charge in [0.2, 0.25) is 0 Å².